The van der Waals surface area contributed by atoms with Crippen LogP contribution in [0.15, 0.2) is 42.5 Å². The minimum Gasteiger partial charge on any atom is -0.465 e. The fraction of sp³-hybridized carbons (Fsp3) is 0.125. The summed E-state index contributed by atoms with van der Waals surface area (Å²) in [4.78, 5) is 22.8. The summed E-state index contributed by atoms with van der Waals surface area (Å²) in [7, 11) is 2.75. The monoisotopic (exact) mass is 287 g/mol. The SMILES string of the molecule is CNC(=O)c1ccc(-c2ccc(C(=O)OC)c(F)c2)cc1. The van der Waals surface area contributed by atoms with Gasteiger partial charge in [-0.05, 0) is 35.4 Å². The molecule has 0 saturated carbocycles. The van der Waals surface area contributed by atoms with Crippen molar-refractivity contribution in [2.24, 2.45) is 0 Å². The van der Waals surface area contributed by atoms with Crippen LogP contribution in [0.5, 0.6) is 0 Å². The molecule has 0 aliphatic heterocycles. The summed E-state index contributed by atoms with van der Waals surface area (Å²) in [5.41, 5.74) is 1.78. The van der Waals surface area contributed by atoms with E-state index in [0.29, 0.717) is 11.1 Å². The van der Waals surface area contributed by atoms with Crippen LogP contribution in [0.3, 0.4) is 0 Å². The molecule has 0 fully saturated rings. The second-order valence-corrected chi connectivity index (χ2v) is 4.34. The highest BCUT2D eigenvalue weighted by atomic mass is 19.1. The molecule has 108 valence electrons. The summed E-state index contributed by atoms with van der Waals surface area (Å²) < 4.78 is 18.4. The van der Waals surface area contributed by atoms with Crippen molar-refractivity contribution in [2.45, 2.75) is 0 Å². The average Bonchev–Trinajstić information content (AvgIpc) is 2.53. The summed E-state index contributed by atoms with van der Waals surface area (Å²) in [6.07, 6.45) is 0. The third-order valence-corrected chi connectivity index (χ3v) is 3.08. The fourth-order valence-corrected chi connectivity index (χ4v) is 1.93. The maximum atomic E-state index is 13.9. The summed E-state index contributed by atoms with van der Waals surface area (Å²) >= 11 is 0. The molecule has 0 unspecified atom stereocenters. The number of methoxy groups -OCH3 is 1. The number of hydrogen-bond donors (Lipinski definition) is 1. The number of esters is 1. The highest BCUT2D eigenvalue weighted by Crippen LogP contribution is 2.23. The van der Waals surface area contributed by atoms with Gasteiger partial charge in [-0.1, -0.05) is 18.2 Å². The van der Waals surface area contributed by atoms with Crippen molar-refractivity contribution >= 4 is 11.9 Å². The number of ether oxygens (including phenoxy) is 1. The summed E-state index contributed by atoms with van der Waals surface area (Å²) in [6, 6.07) is 11.0. The maximum absolute atomic E-state index is 13.9. The lowest BCUT2D eigenvalue weighted by atomic mass is 10.0. The second-order valence-electron chi connectivity index (χ2n) is 4.34. The predicted octanol–water partition coefficient (Wildman–Crippen LogP) is 2.64. The third kappa shape index (κ3) is 3.08. The Balaban J connectivity index is 2.32. The molecular weight excluding hydrogens is 273 g/mol. The van der Waals surface area contributed by atoms with E-state index in [1.165, 1.54) is 19.2 Å². The number of benzene rings is 2. The van der Waals surface area contributed by atoms with Gasteiger partial charge < -0.3 is 10.1 Å². The van der Waals surface area contributed by atoms with E-state index < -0.39 is 11.8 Å². The largest absolute Gasteiger partial charge is 0.465 e. The van der Waals surface area contributed by atoms with Gasteiger partial charge in [-0.25, -0.2) is 9.18 Å². The summed E-state index contributed by atoms with van der Waals surface area (Å²) in [6.45, 7) is 0. The second kappa shape index (κ2) is 6.17. The Hall–Kier alpha value is -2.69. The number of nitrogens with one attached hydrogen (secondary N) is 1. The first-order valence-corrected chi connectivity index (χ1v) is 6.27. The van der Waals surface area contributed by atoms with Crippen molar-refractivity contribution in [3.8, 4) is 11.1 Å². The van der Waals surface area contributed by atoms with Crippen LogP contribution in [0.4, 0.5) is 4.39 Å². The fourth-order valence-electron chi connectivity index (χ4n) is 1.93. The molecule has 0 aliphatic carbocycles. The van der Waals surface area contributed by atoms with Crippen LogP contribution < -0.4 is 5.32 Å². The van der Waals surface area contributed by atoms with Crippen LogP contribution in [0.1, 0.15) is 20.7 Å². The molecule has 21 heavy (non-hydrogen) atoms. The van der Waals surface area contributed by atoms with Gasteiger partial charge in [0, 0.05) is 12.6 Å². The molecule has 0 radical (unpaired) electrons. The molecule has 2 rings (SSSR count). The van der Waals surface area contributed by atoms with Crippen molar-refractivity contribution < 1.29 is 18.7 Å². The Kier molecular flexibility index (Phi) is 4.33. The van der Waals surface area contributed by atoms with Crippen molar-refractivity contribution in [3.63, 3.8) is 0 Å². The topological polar surface area (TPSA) is 55.4 Å². The van der Waals surface area contributed by atoms with Crippen LogP contribution in [-0.4, -0.2) is 26.0 Å². The van der Waals surface area contributed by atoms with E-state index in [2.05, 4.69) is 10.1 Å². The van der Waals surface area contributed by atoms with E-state index in [1.807, 2.05) is 0 Å². The zero-order valence-corrected chi connectivity index (χ0v) is 11.6. The van der Waals surface area contributed by atoms with Crippen LogP contribution >= 0.6 is 0 Å². The molecule has 0 aromatic heterocycles. The molecule has 0 atom stereocenters. The van der Waals surface area contributed by atoms with Gasteiger partial charge in [0.05, 0.1) is 12.7 Å². The van der Waals surface area contributed by atoms with E-state index in [4.69, 9.17) is 0 Å². The minimum atomic E-state index is -0.714. The smallest absolute Gasteiger partial charge is 0.340 e. The number of rotatable bonds is 3. The number of halogens is 1. The number of amides is 1. The molecule has 0 saturated heterocycles. The van der Waals surface area contributed by atoms with E-state index in [0.717, 1.165) is 5.56 Å². The highest BCUT2D eigenvalue weighted by molar-refractivity contribution is 5.94. The molecule has 0 heterocycles. The molecule has 0 aliphatic rings. The first-order chi connectivity index (χ1) is 10.1. The van der Waals surface area contributed by atoms with Gasteiger partial charge >= 0.3 is 5.97 Å². The normalized spacial score (nSPS) is 10.0. The summed E-state index contributed by atoms with van der Waals surface area (Å²) in [5, 5.41) is 2.53. The first-order valence-electron chi connectivity index (χ1n) is 6.27. The lowest BCUT2D eigenvalue weighted by molar-refractivity contribution is 0.0595. The van der Waals surface area contributed by atoms with Crippen molar-refractivity contribution in [1.29, 1.82) is 0 Å². The molecular formula is C16H14FNO3. The summed E-state index contributed by atoms with van der Waals surface area (Å²) in [5.74, 6) is -1.54. The lowest BCUT2D eigenvalue weighted by Crippen LogP contribution is -2.17. The molecule has 0 spiro atoms. The van der Waals surface area contributed by atoms with Gasteiger partial charge in [0.1, 0.15) is 5.82 Å². The molecule has 2 aromatic carbocycles. The Morgan fingerprint density at radius 1 is 1.05 bits per heavy atom. The highest BCUT2D eigenvalue weighted by Gasteiger charge is 2.13. The zero-order chi connectivity index (χ0) is 15.4. The third-order valence-electron chi connectivity index (χ3n) is 3.08. The van der Waals surface area contributed by atoms with Crippen LogP contribution in [0, 0.1) is 5.82 Å². The molecule has 2 aromatic rings. The Morgan fingerprint density at radius 3 is 2.19 bits per heavy atom. The number of carbonyl (C=O) groups is 2. The van der Waals surface area contributed by atoms with Gasteiger partial charge in [0.2, 0.25) is 0 Å². The van der Waals surface area contributed by atoms with Crippen molar-refractivity contribution in [3.05, 3.63) is 59.4 Å². The van der Waals surface area contributed by atoms with E-state index >= 15 is 0 Å². The quantitative estimate of drug-likeness (QED) is 0.883. The number of carbonyl (C=O) groups excluding carboxylic acids is 2. The average molecular weight is 287 g/mol. The van der Waals surface area contributed by atoms with E-state index in [9.17, 15) is 14.0 Å². The standard InChI is InChI=1S/C16H14FNO3/c1-18-15(19)11-5-3-10(4-6-11)12-7-8-13(14(17)9-12)16(20)21-2/h3-9H,1-2H3,(H,18,19). The first kappa shape index (κ1) is 14.7. The Labute approximate surface area is 121 Å². The Bertz CT molecular complexity index is 680. The van der Waals surface area contributed by atoms with E-state index in [1.54, 1.807) is 37.4 Å². The minimum absolute atomic E-state index is 0.108. The van der Waals surface area contributed by atoms with Crippen LogP contribution in [0.2, 0.25) is 0 Å². The van der Waals surface area contributed by atoms with E-state index in [-0.39, 0.29) is 11.5 Å². The molecule has 0 bridgehead atoms. The van der Waals surface area contributed by atoms with Gasteiger partial charge in [-0.15, -0.1) is 0 Å². The molecule has 5 heteroatoms. The van der Waals surface area contributed by atoms with Crippen molar-refractivity contribution in [2.75, 3.05) is 14.2 Å². The van der Waals surface area contributed by atoms with Gasteiger partial charge in [0.25, 0.3) is 5.91 Å². The van der Waals surface area contributed by atoms with Gasteiger partial charge in [-0.3, -0.25) is 4.79 Å². The molecule has 4 nitrogen and oxygen atoms in total. The maximum Gasteiger partial charge on any atom is 0.340 e. The Morgan fingerprint density at radius 2 is 1.67 bits per heavy atom. The molecule has 1 amide bonds. The lowest BCUT2D eigenvalue weighted by Gasteiger charge is -2.06. The van der Waals surface area contributed by atoms with Crippen LogP contribution in [-0.2, 0) is 4.74 Å². The van der Waals surface area contributed by atoms with Gasteiger partial charge in [-0.2, -0.15) is 0 Å². The van der Waals surface area contributed by atoms with Gasteiger partial charge in [0.15, 0.2) is 0 Å². The molecule has 1 N–H and O–H groups in total. The predicted molar refractivity (Wildman–Crippen MR) is 76.6 cm³/mol. The van der Waals surface area contributed by atoms with Crippen LogP contribution in [0.25, 0.3) is 11.1 Å². The zero-order valence-electron chi connectivity index (χ0n) is 11.6. The number of hydrogen-bond acceptors (Lipinski definition) is 3. The van der Waals surface area contributed by atoms with Crippen molar-refractivity contribution in [1.82, 2.24) is 5.32 Å².